The van der Waals surface area contributed by atoms with Gasteiger partial charge in [-0.1, -0.05) is 57.7 Å². The molecule has 33 heavy (non-hydrogen) atoms. The van der Waals surface area contributed by atoms with E-state index in [9.17, 15) is 9.90 Å². The van der Waals surface area contributed by atoms with E-state index < -0.39 is 11.6 Å². The van der Waals surface area contributed by atoms with Crippen LogP contribution in [0, 0.1) is 5.92 Å². The molecule has 5 heteroatoms. The highest BCUT2D eigenvalue weighted by molar-refractivity contribution is 5.68. The predicted octanol–water partition coefficient (Wildman–Crippen LogP) is 6.51. The number of carboxylic acids is 1. The predicted molar refractivity (Wildman–Crippen MR) is 130 cm³/mol. The largest absolute Gasteiger partial charge is 0.494 e. The lowest BCUT2D eigenvalue weighted by molar-refractivity contribution is -0.142. The van der Waals surface area contributed by atoms with Gasteiger partial charge in [-0.05, 0) is 60.2 Å². The first-order chi connectivity index (χ1) is 16.0. The summed E-state index contributed by atoms with van der Waals surface area (Å²) in [5.74, 6) is 0.822. The van der Waals surface area contributed by atoms with Crippen molar-refractivity contribution in [2.24, 2.45) is 5.92 Å². The van der Waals surface area contributed by atoms with Crippen molar-refractivity contribution in [1.29, 1.82) is 0 Å². The Kier molecular flexibility index (Phi) is 9.19. The van der Waals surface area contributed by atoms with E-state index in [4.69, 9.17) is 14.2 Å². The van der Waals surface area contributed by atoms with Crippen LogP contribution >= 0.6 is 0 Å². The number of aliphatic carboxylic acids is 1. The van der Waals surface area contributed by atoms with Gasteiger partial charge in [0.25, 0.3) is 0 Å². The first-order valence-corrected chi connectivity index (χ1v) is 12.3. The maximum atomic E-state index is 11.4. The number of ether oxygens (including phenoxy) is 3. The third-order valence-corrected chi connectivity index (χ3v) is 6.81. The first kappa shape index (κ1) is 25.1. The maximum absolute atomic E-state index is 11.4. The van der Waals surface area contributed by atoms with Gasteiger partial charge >= 0.3 is 5.97 Å². The van der Waals surface area contributed by atoms with Crippen LogP contribution in [0.5, 0.6) is 11.5 Å². The number of methoxy groups -OCH3 is 1. The summed E-state index contributed by atoms with van der Waals surface area (Å²) in [5, 5.41) is 9.36. The van der Waals surface area contributed by atoms with Gasteiger partial charge in [0.15, 0.2) is 0 Å². The van der Waals surface area contributed by atoms with E-state index in [0.717, 1.165) is 47.6 Å². The van der Waals surface area contributed by atoms with Crippen molar-refractivity contribution in [3.63, 3.8) is 0 Å². The number of carboxylic acid groups (broad SMARTS) is 1. The lowest BCUT2D eigenvalue weighted by Gasteiger charge is -2.33. The van der Waals surface area contributed by atoms with Crippen molar-refractivity contribution in [3.8, 4) is 11.5 Å². The Morgan fingerprint density at radius 1 is 1.00 bits per heavy atom. The molecule has 0 bridgehead atoms. The molecular weight excluding hydrogens is 416 g/mol. The highest BCUT2D eigenvalue weighted by atomic mass is 16.5. The molecule has 1 N–H and O–H groups in total. The van der Waals surface area contributed by atoms with Gasteiger partial charge in [-0.2, -0.15) is 0 Å². The Hall–Kier alpha value is -2.53. The van der Waals surface area contributed by atoms with Crippen LogP contribution in [0.4, 0.5) is 0 Å². The van der Waals surface area contributed by atoms with E-state index in [0.29, 0.717) is 13.0 Å². The molecular formula is C28H38O5. The average Bonchev–Trinajstić information content (AvgIpc) is 3.12. The fourth-order valence-corrected chi connectivity index (χ4v) is 4.98. The van der Waals surface area contributed by atoms with Gasteiger partial charge in [0.05, 0.1) is 18.6 Å². The Bertz CT molecular complexity index is 886. The molecule has 0 spiro atoms. The zero-order valence-electron chi connectivity index (χ0n) is 20.3. The molecule has 2 aromatic carbocycles. The average molecular weight is 455 g/mol. The highest BCUT2D eigenvalue weighted by Crippen LogP contribution is 2.48. The minimum absolute atomic E-state index is 0.0746. The second kappa shape index (κ2) is 12.1. The van der Waals surface area contributed by atoms with Gasteiger partial charge in [0, 0.05) is 13.0 Å². The van der Waals surface area contributed by atoms with Gasteiger partial charge in [-0.3, -0.25) is 4.79 Å². The zero-order valence-corrected chi connectivity index (χ0v) is 20.3. The number of carbonyl (C=O) groups is 1. The second-order valence-electron chi connectivity index (χ2n) is 8.96. The molecule has 2 unspecified atom stereocenters. The normalized spacial score (nSPS) is 19.3. The van der Waals surface area contributed by atoms with E-state index in [-0.39, 0.29) is 12.3 Å². The van der Waals surface area contributed by atoms with Gasteiger partial charge < -0.3 is 19.3 Å². The standard InChI is InChI=1S/C28H38O5/c1-4-6-7-8-9-16-32-24-12-10-21(11-13-24)20-33-25-14-15-26-22(18-25)17-23(19-27(29)30)28(26,5-2)31-3/h10-15,18,23H,4-9,16-17,19-20H2,1-3H3,(H,29,30). The third-order valence-electron chi connectivity index (χ3n) is 6.81. The van der Waals surface area contributed by atoms with Crippen molar-refractivity contribution in [3.05, 3.63) is 59.2 Å². The van der Waals surface area contributed by atoms with E-state index in [1.54, 1.807) is 7.11 Å². The monoisotopic (exact) mass is 454 g/mol. The van der Waals surface area contributed by atoms with Gasteiger partial charge in [0.1, 0.15) is 18.1 Å². The molecule has 3 rings (SSSR count). The molecule has 0 radical (unpaired) electrons. The van der Waals surface area contributed by atoms with Gasteiger partial charge in [0.2, 0.25) is 0 Å². The van der Waals surface area contributed by atoms with Crippen LogP contribution in [0.1, 0.15) is 75.5 Å². The SMILES string of the molecule is CCCCCCCOc1ccc(COc2ccc3c(c2)CC(CC(=O)O)C3(CC)OC)cc1. The Morgan fingerprint density at radius 2 is 1.73 bits per heavy atom. The lowest BCUT2D eigenvalue weighted by Crippen LogP contribution is -2.34. The molecule has 180 valence electrons. The molecule has 5 nitrogen and oxygen atoms in total. The molecule has 0 saturated carbocycles. The van der Waals surface area contributed by atoms with Crippen LogP contribution in [-0.2, 0) is 28.2 Å². The number of rotatable bonds is 14. The van der Waals surface area contributed by atoms with Crippen molar-refractivity contribution < 1.29 is 24.1 Å². The topological polar surface area (TPSA) is 65.0 Å². The number of fused-ring (bicyclic) bond motifs is 1. The van der Waals surface area contributed by atoms with Crippen molar-refractivity contribution in [1.82, 2.24) is 0 Å². The third kappa shape index (κ3) is 6.29. The number of unbranched alkanes of at least 4 members (excludes halogenated alkanes) is 4. The summed E-state index contributed by atoms with van der Waals surface area (Å²) in [6, 6.07) is 14.1. The second-order valence-corrected chi connectivity index (χ2v) is 8.96. The molecule has 0 fully saturated rings. The van der Waals surface area contributed by atoms with Crippen LogP contribution in [-0.4, -0.2) is 24.8 Å². The number of hydrogen-bond donors (Lipinski definition) is 1. The molecule has 2 aromatic rings. The molecule has 0 saturated heterocycles. The van der Waals surface area contributed by atoms with Crippen LogP contribution in [0.15, 0.2) is 42.5 Å². The maximum Gasteiger partial charge on any atom is 0.303 e. The summed E-state index contributed by atoms with van der Waals surface area (Å²) < 4.78 is 17.8. The van der Waals surface area contributed by atoms with E-state index in [2.05, 4.69) is 13.8 Å². The summed E-state index contributed by atoms with van der Waals surface area (Å²) in [4.78, 5) is 11.4. The zero-order chi connectivity index (χ0) is 23.7. The van der Waals surface area contributed by atoms with Crippen LogP contribution in [0.3, 0.4) is 0 Å². The van der Waals surface area contributed by atoms with Crippen LogP contribution in [0.2, 0.25) is 0 Å². The minimum Gasteiger partial charge on any atom is -0.494 e. The summed E-state index contributed by atoms with van der Waals surface area (Å²) >= 11 is 0. The van der Waals surface area contributed by atoms with Crippen LogP contribution < -0.4 is 9.47 Å². The number of hydrogen-bond acceptors (Lipinski definition) is 4. The quantitative estimate of drug-likeness (QED) is 0.330. The van der Waals surface area contributed by atoms with Gasteiger partial charge in [-0.15, -0.1) is 0 Å². The molecule has 0 aromatic heterocycles. The molecule has 0 amide bonds. The smallest absolute Gasteiger partial charge is 0.303 e. The highest BCUT2D eigenvalue weighted by Gasteiger charge is 2.46. The summed E-state index contributed by atoms with van der Waals surface area (Å²) in [7, 11) is 1.68. The fourth-order valence-electron chi connectivity index (χ4n) is 4.98. The number of benzene rings is 2. The fraction of sp³-hybridized carbons (Fsp3) is 0.536. The van der Waals surface area contributed by atoms with Crippen molar-refractivity contribution in [2.75, 3.05) is 13.7 Å². The van der Waals surface area contributed by atoms with Crippen molar-refractivity contribution >= 4 is 5.97 Å². The summed E-state index contributed by atoms with van der Waals surface area (Å²) in [6.07, 6.45) is 7.68. The Morgan fingerprint density at radius 3 is 2.39 bits per heavy atom. The van der Waals surface area contributed by atoms with E-state index in [1.165, 1.54) is 25.7 Å². The lowest BCUT2D eigenvalue weighted by atomic mass is 9.82. The molecule has 1 aliphatic rings. The molecule has 0 heterocycles. The van der Waals surface area contributed by atoms with Crippen molar-refractivity contribution in [2.45, 2.75) is 77.4 Å². The Balaban J connectivity index is 1.55. The van der Waals surface area contributed by atoms with Gasteiger partial charge in [-0.25, -0.2) is 0 Å². The summed E-state index contributed by atoms with van der Waals surface area (Å²) in [5.41, 5.74) is 2.74. The molecule has 1 aliphatic carbocycles. The first-order valence-electron chi connectivity index (χ1n) is 12.3. The van der Waals surface area contributed by atoms with Crippen LogP contribution in [0.25, 0.3) is 0 Å². The summed E-state index contributed by atoms with van der Waals surface area (Å²) in [6.45, 7) is 5.51. The van der Waals surface area contributed by atoms with E-state index in [1.807, 2.05) is 42.5 Å². The minimum atomic E-state index is -0.789. The van der Waals surface area contributed by atoms with E-state index >= 15 is 0 Å². The molecule has 0 aliphatic heterocycles. The molecule has 2 atom stereocenters. The Labute approximate surface area is 198 Å².